The maximum absolute atomic E-state index is 13.5. The molecule has 202 valence electrons. The second-order valence-corrected chi connectivity index (χ2v) is 12.0. The Morgan fingerprint density at radius 2 is 1.89 bits per heavy atom. The number of alkyl halides is 3. The summed E-state index contributed by atoms with van der Waals surface area (Å²) < 4.78 is 39.8. The lowest BCUT2D eigenvalue weighted by Crippen LogP contribution is -2.62. The van der Waals surface area contributed by atoms with E-state index < -0.39 is 11.7 Å². The SMILES string of the molecule is [B]C1C=NC(C(C2C=CC(C(F)(F)F)=CC2)N2CCN(C(=O)CC3CCNCC3)C(C(C)(C)C)C2)=CC1. The molecule has 4 atom stereocenters. The van der Waals surface area contributed by atoms with Crippen LogP contribution in [0.3, 0.4) is 0 Å². The highest BCUT2D eigenvalue weighted by atomic mass is 19.4. The maximum Gasteiger partial charge on any atom is 0.416 e. The van der Waals surface area contributed by atoms with Gasteiger partial charge in [0.1, 0.15) is 0 Å². The number of aliphatic imine (C=N–C) groups is 1. The van der Waals surface area contributed by atoms with Gasteiger partial charge in [-0.15, -0.1) is 0 Å². The molecule has 2 fully saturated rings. The lowest BCUT2D eigenvalue weighted by atomic mass is 9.80. The van der Waals surface area contributed by atoms with Gasteiger partial charge in [0, 0.05) is 38.0 Å². The fourth-order valence-electron chi connectivity index (χ4n) is 6.05. The Morgan fingerprint density at radius 3 is 2.46 bits per heavy atom. The fourth-order valence-corrected chi connectivity index (χ4v) is 6.05. The van der Waals surface area contributed by atoms with Crippen molar-refractivity contribution in [1.29, 1.82) is 0 Å². The predicted octanol–water partition coefficient (Wildman–Crippen LogP) is 4.68. The number of halogens is 3. The molecule has 3 heterocycles. The molecular formula is C28H40BF3N4O. The lowest BCUT2D eigenvalue weighted by Gasteiger charge is -2.50. The van der Waals surface area contributed by atoms with E-state index in [4.69, 9.17) is 7.85 Å². The third kappa shape index (κ3) is 6.97. The number of carbonyl (C=O) groups excluding carboxylic acids is 1. The van der Waals surface area contributed by atoms with Gasteiger partial charge in [-0.2, -0.15) is 13.2 Å². The number of piperazine rings is 1. The fraction of sp³-hybridized carbons (Fsp3) is 0.714. The molecule has 0 bridgehead atoms. The molecule has 2 saturated heterocycles. The first-order valence-electron chi connectivity index (χ1n) is 13.6. The molecule has 0 aromatic rings. The first-order chi connectivity index (χ1) is 17.4. The Balaban J connectivity index is 1.55. The van der Waals surface area contributed by atoms with Gasteiger partial charge in [0.05, 0.1) is 25.2 Å². The van der Waals surface area contributed by atoms with Crippen molar-refractivity contribution in [2.75, 3.05) is 32.7 Å². The van der Waals surface area contributed by atoms with E-state index in [9.17, 15) is 18.0 Å². The first-order valence-corrected chi connectivity index (χ1v) is 13.6. The van der Waals surface area contributed by atoms with Crippen molar-refractivity contribution < 1.29 is 18.0 Å². The highest BCUT2D eigenvalue weighted by Crippen LogP contribution is 2.38. The highest BCUT2D eigenvalue weighted by molar-refractivity contribution is 6.20. The average Bonchev–Trinajstić information content (AvgIpc) is 2.85. The molecule has 2 radical (unpaired) electrons. The zero-order valence-electron chi connectivity index (χ0n) is 22.3. The molecule has 1 aliphatic carbocycles. The van der Waals surface area contributed by atoms with Crippen LogP contribution in [0.4, 0.5) is 13.2 Å². The Morgan fingerprint density at radius 1 is 1.16 bits per heavy atom. The van der Waals surface area contributed by atoms with Crippen LogP contribution in [0.1, 0.15) is 52.9 Å². The molecule has 5 nitrogen and oxygen atoms in total. The minimum absolute atomic E-state index is 0.00208. The minimum Gasteiger partial charge on any atom is -0.337 e. The zero-order valence-corrected chi connectivity index (χ0v) is 22.3. The van der Waals surface area contributed by atoms with Crippen molar-refractivity contribution in [1.82, 2.24) is 15.1 Å². The second kappa shape index (κ2) is 11.5. The van der Waals surface area contributed by atoms with Gasteiger partial charge in [0.2, 0.25) is 5.91 Å². The van der Waals surface area contributed by atoms with Gasteiger partial charge in [0.25, 0.3) is 0 Å². The normalized spacial score (nSPS) is 29.1. The number of allylic oxidation sites excluding steroid dienone is 4. The van der Waals surface area contributed by atoms with Gasteiger partial charge in [0.15, 0.2) is 0 Å². The van der Waals surface area contributed by atoms with E-state index in [2.05, 4.69) is 40.9 Å². The molecule has 3 aliphatic heterocycles. The molecule has 0 spiro atoms. The molecule has 4 aliphatic rings. The van der Waals surface area contributed by atoms with Crippen LogP contribution in [0.15, 0.2) is 40.6 Å². The smallest absolute Gasteiger partial charge is 0.337 e. The highest BCUT2D eigenvalue weighted by Gasteiger charge is 2.43. The summed E-state index contributed by atoms with van der Waals surface area (Å²) in [5, 5.41) is 3.37. The Kier molecular flexibility index (Phi) is 8.73. The largest absolute Gasteiger partial charge is 0.416 e. The van der Waals surface area contributed by atoms with E-state index in [-0.39, 0.29) is 35.1 Å². The van der Waals surface area contributed by atoms with Crippen molar-refractivity contribution in [2.24, 2.45) is 22.2 Å². The van der Waals surface area contributed by atoms with Crippen molar-refractivity contribution in [2.45, 2.75) is 77.0 Å². The van der Waals surface area contributed by atoms with Crippen LogP contribution in [0.5, 0.6) is 0 Å². The van der Waals surface area contributed by atoms with E-state index in [1.807, 2.05) is 6.08 Å². The van der Waals surface area contributed by atoms with Crippen molar-refractivity contribution >= 4 is 20.0 Å². The summed E-state index contributed by atoms with van der Waals surface area (Å²) in [5.41, 5.74) is 0.125. The number of carbonyl (C=O) groups is 1. The first kappa shape index (κ1) is 28.2. The number of hydrogen-bond acceptors (Lipinski definition) is 4. The summed E-state index contributed by atoms with van der Waals surface area (Å²) in [6.07, 6.45) is 7.24. The average molecular weight is 516 g/mol. The molecule has 0 aromatic heterocycles. The van der Waals surface area contributed by atoms with Gasteiger partial charge in [-0.05, 0) is 62.1 Å². The van der Waals surface area contributed by atoms with Crippen molar-refractivity contribution in [3.8, 4) is 0 Å². The van der Waals surface area contributed by atoms with Crippen LogP contribution in [0.2, 0.25) is 5.82 Å². The summed E-state index contributed by atoms with van der Waals surface area (Å²) in [4.78, 5) is 22.5. The van der Waals surface area contributed by atoms with E-state index in [1.54, 1.807) is 12.3 Å². The quantitative estimate of drug-likeness (QED) is 0.540. The van der Waals surface area contributed by atoms with Crippen LogP contribution < -0.4 is 5.32 Å². The number of amides is 1. The van der Waals surface area contributed by atoms with Gasteiger partial charge in [-0.3, -0.25) is 14.7 Å². The van der Waals surface area contributed by atoms with Crippen LogP contribution >= 0.6 is 0 Å². The van der Waals surface area contributed by atoms with E-state index in [0.29, 0.717) is 44.8 Å². The molecule has 4 rings (SSSR count). The monoisotopic (exact) mass is 516 g/mol. The Hall–Kier alpha value is -1.87. The van der Waals surface area contributed by atoms with Crippen LogP contribution in [0.25, 0.3) is 0 Å². The molecule has 1 amide bonds. The summed E-state index contributed by atoms with van der Waals surface area (Å²) in [6, 6.07) is -0.167. The van der Waals surface area contributed by atoms with Gasteiger partial charge in [-0.1, -0.05) is 45.1 Å². The van der Waals surface area contributed by atoms with E-state index in [1.165, 1.54) is 12.2 Å². The Bertz CT molecular complexity index is 946. The molecule has 9 heteroatoms. The predicted molar refractivity (Wildman–Crippen MR) is 143 cm³/mol. The van der Waals surface area contributed by atoms with Gasteiger partial charge in [-0.25, -0.2) is 0 Å². The third-order valence-corrected chi connectivity index (χ3v) is 8.23. The number of hydrogen-bond donors (Lipinski definition) is 1. The summed E-state index contributed by atoms with van der Waals surface area (Å²) in [6.45, 7) is 10.4. The number of nitrogens with zero attached hydrogens (tertiary/aromatic N) is 3. The van der Waals surface area contributed by atoms with Crippen molar-refractivity contribution in [3.05, 3.63) is 35.6 Å². The van der Waals surface area contributed by atoms with Gasteiger partial charge >= 0.3 is 6.18 Å². The number of rotatable bonds is 5. The third-order valence-electron chi connectivity index (χ3n) is 8.23. The standard InChI is InChI=1S/C28H40BF3N4O/c1-27(2,3)24-18-35(14-15-36(24)25(37)16-19-10-12-33-13-11-19)26(23-9-8-22(29)17-34-23)20-4-6-21(7-5-20)28(30,31)32/h4,6-7,9,17,19-20,22,24,26,33H,5,8,10-16,18H2,1-3H3. The minimum atomic E-state index is -4.34. The van der Waals surface area contributed by atoms with Crippen molar-refractivity contribution in [3.63, 3.8) is 0 Å². The van der Waals surface area contributed by atoms with Crippen LogP contribution in [-0.4, -0.2) is 80.8 Å². The maximum atomic E-state index is 13.5. The topological polar surface area (TPSA) is 47.9 Å². The molecule has 0 saturated carbocycles. The Labute approximate surface area is 220 Å². The van der Waals surface area contributed by atoms with Crippen LogP contribution in [0, 0.1) is 17.3 Å². The molecular weight excluding hydrogens is 476 g/mol. The molecule has 0 aromatic carbocycles. The van der Waals surface area contributed by atoms with Crippen LogP contribution in [-0.2, 0) is 4.79 Å². The van der Waals surface area contributed by atoms with E-state index >= 15 is 0 Å². The zero-order chi connectivity index (χ0) is 26.8. The number of piperidine rings is 1. The molecule has 37 heavy (non-hydrogen) atoms. The second-order valence-electron chi connectivity index (χ2n) is 12.0. The lowest BCUT2D eigenvalue weighted by molar-refractivity contribution is -0.141. The number of nitrogens with one attached hydrogen (secondary N) is 1. The summed E-state index contributed by atoms with van der Waals surface area (Å²) >= 11 is 0. The molecule has 1 N–H and O–H groups in total. The molecule has 4 unspecified atom stereocenters. The van der Waals surface area contributed by atoms with E-state index in [0.717, 1.165) is 31.6 Å². The van der Waals surface area contributed by atoms with Gasteiger partial charge < -0.3 is 10.2 Å². The summed E-state index contributed by atoms with van der Waals surface area (Å²) in [7, 11) is 6.02. The summed E-state index contributed by atoms with van der Waals surface area (Å²) in [5.74, 6) is 0.364.